The molecule has 2 aromatic carbocycles. The number of halogens is 1. The van der Waals surface area contributed by atoms with Gasteiger partial charge >= 0.3 is 5.69 Å². The molecule has 5 rings (SSSR count). The number of benzene rings is 2. The summed E-state index contributed by atoms with van der Waals surface area (Å²) in [4.78, 5) is 33.9. The molecule has 1 aliphatic heterocycles. The molecule has 2 unspecified atom stereocenters. The largest absolute Gasteiger partial charge is 0.354 e. The summed E-state index contributed by atoms with van der Waals surface area (Å²) in [6, 6.07) is 14.8. The fourth-order valence-electron chi connectivity index (χ4n) is 4.43. The normalized spacial score (nSPS) is 23.1. The Labute approximate surface area is 167 Å². The first-order valence-electron chi connectivity index (χ1n) is 9.18. The third kappa shape index (κ3) is 2.28. The molecule has 0 amide bonds. The Kier molecular flexibility index (Phi) is 3.66. The number of hydrogen-bond donors (Lipinski definition) is 0. The standard InChI is InChI=1S/C21H19ClN4O2/c1-24(2)12-21-16(18(21)27)11-25(21)19-15-9-8-13(22)10-17(15)26(20(28)23-19)14-6-4-3-5-7-14/h3-10,16H,11-12H2,1-2H3. The number of carbonyl (C=O) groups excluding carboxylic acids is 1. The number of carbonyl (C=O) groups is 1. The second kappa shape index (κ2) is 5.90. The predicted octanol–water partition coefficient (Wildman–Crippen LogP) is 2.36. The lowest BCUT2D eigenvalue weighted by Crippen LogP contribution is -2.56. The molecule has 2 atom stereocenters. The van der Waals surface area contributed by atoms with E-state index in [0.717, 1.165) is 11.1 Å². The molecule has 1 aliphatic carbocycles. The van der Waals surface area contributed by atoms with Crippen molar-refractivity contribution in [3.8, 4) is 5.69 Å². The van der Waals surface area contributed by atoms with Crippen LogP contribution >= 0.6 is 11.6 Å². The summed E-state index contributed by atoms with van der Waals surface area (Å²) in [7, 11) is 3.90. The topological polar surface area (TPSA) is 58.4 Å². The molecule has 7 heteroatoms. The highest BCUT2D eigenvalue weighted by atomic mass is 35.5. The van der Waals surface area contributed by atoms with E-state index in [1.165, 1.54) is 0 Å². The zero-order valence-corrected chi connectivity index (χ0v) is 16.3. The van der Waals surface area contributed by atoms with E-state index in [4.69, 9.17) is 11.6 Å². The van der Waals surface area contributed by atoms with E-state index in [1.54, 1.807) is 16.7 Å². The Morgan fingerprint density at radius 3 is 2.57 bits per heavy atom. The number of rotatable bonds is 4. The number of hydrogen-bond acceptors (Lipinski definition) is 5. The Hall–Kier alpha value is -2.70. The van der Waals surface area contributed by atoms with Crippen LogP contribution in [0, 0.1) is 5.92 Å². The number of Topliss-reactive ketones (excluding diaryl/α,β-unsaturated/α-hetero) is 1. The second-order valence-corrected chi connectivity index (χ2v) is 8.18. The third-order valence-corrected chi connectivity index (χ3v) is 5.98. The number of nitrogens with zero attached hydrogens (tertiary/aromatic N) is 4. The van der Waals surface area contributed by atoms with Crippen molar-refractivity contribution in [2.24, 2.45) is 5.92 Å². The highest BCUT2D eigenvalue weighted by Crippen LogP contribution is 2.56. The minimum atomic E-state index is -0.547. The molecule has 0 spiro atoms. The maximum atomic E-state index is 13.0. The molecule has 1 saturated carbocycles. The van der Waals surface area contributed by atoms with Crippen LogP contribution < -0.4 is 10.6 Å². The number of likely N-dealkylation sites (N-methyl/N-ethyl adjacent to an activating group) is 1. The molecule has 2 fully saturated rings. The summed E-state index contributed by atoms with van der Waals surface area (Å²) in [5.74, 6) is 0.834. The van der Waals surface area contributed by atoms with Crippen molar-refractivity contribution in [1.29, 1.82) is 0 Å². The van der Waals surface area contributed by atoms with Crippen molar-refractivity contribution in [2.45, 2.75) is 5.54 Å². The van der Waals surface area contributed by atoms with Crippen molar-refractivity contribution >= 4 is 34.1 Å². The number of para-hydroxylation sites is 1. The van der Waals surface area contributed by atoms with Crippen molar-refractivity contribution in [3.63, 3.8) is 0 Å². The van der Waals surface area contributed by atoms with Gasteiger partial charge in [-0.15, -0.1) is 0 Å². The predicted molar refractivity (Wildman–Crippen MR) is 109 cm³/mol. The summed E-state index contributed by atoms with van der Waals surface area (Å²) < 4.78 is 1.56. The SMILES string of the molecule is CN(C)CC12C(=O)C1CN2c1nc(=O)n(-c2ccccc2)c2cc(Cl)ccc12. The lowest BCUT2D eigenvalue weighted by atomic mass is 10.0. The van der Waals surface area contributed by atoms with Crippen molar-refractivity contribution in [2.75, 3.05) is 32.1 Å². The molecule has 2 aliphatic rings. The first kappa shape index (κ1) is 17.4. The number of aromatic nitrogens is 2. The number of anilines is 1. The first-order chi connectivity index (χ1) is 13.4. The molecule has 6 nitrogen and oxygen atoms in total. The van der Waals surface area contributed by atoms with Gasteiger partial charge in [0.2, 0.25) is 0 Å². The molecule has 2 heterocycles. The van der Waals surface area contributed by atoms with E-state index in [9.17, 15) is 9.59 Å². The monoisotopic (exact) mass is 394 g/mol. The first-order valence-corrected chi connectivity index (χ1v) is 9.56. The fourth-order valence-corrected chi connectivity index (χ4v) is 4.60. The molecule has 28 heavy (non-hydrogen) atoms. The highest BCUT2D eigenvalue weighted by molar-refractivity contribution is 6.31. The lowest BCUT2D eigenvalue weighted by molar-refractivity contribution is -0.111. The molecule has 1 aromatic heterocycles. The Bertz CT molecular complexity index is 1170. The molecule has 142 valence electrons. The number of ketones is 1. The third-order valence-electron chi connectivity index (χ3n) is 5.74. The van der Waals surface area contributed by atoms with Crippen LogP contribution in [0.2, 0.25) is 5.02 Å². The maximum Gasteiger partial charge on any atom is 0.354 e. The zero-order chi connectivity index (χ0) is 19.6. The van der Waals surface area contributed by atoms with Crippen LogP contribution in [0.4, 0.5) is 5.82 Å². The van der Waals surface area contributed by atoms with Gasteiger partial charge in [-0.1, -0.05) is 29.8 Å². The van der Waals surface area contributed by atoms with Crippen LogP contribution in [-0.4, -0.2) is 53.0 Å². The van der Waals surface area contributed by atoms with Crippen LogP contribution in [0.1, 0.15) is 0 Å². The van der Waals surface area contributed by atoms with E-state index in [0.29, 0.717) is 29.4 Å². The Balaban J connectivity index is 1.73. The molecule has 0 N–H and O–H groups in total. The fraction of sp³-hybridized carbons (Fsp3) is 0.286. The smallest absolute Gasteiger partial charge is 0.340 e. The average Bonchev–Trinajstić information content (AvgIpc) is 3.08. The molecule has 0 radical (unpaired) electrons. The summed E-state index contributed by atoms with van der Waals surface area (Å²) in [6.07, 6.45) is 0. The van der Waals surface area contributed by atoms with Gasteiger partial charge in [-0.25, -0.2) is 4.79 Å². The van der Waals surface area contributed by atoms with Crippen LogP contribution in [0.5, 0.6) is 0 Å². The van der Waals surface area contributed by atoms with Crippen LogP contribution in [0.3, 0.4) is 0 Å². The average molecular weight is 395 g/mol. The molecule has 0 bridgehead atoms. The van der Waals surface area contributed by atoms with Gasteiger partial charge in [0.1, 0.15) is 11.4 Å². The van der Waals surface area contributed by atoms with Gasteiger partial charge in [-0.3, -0.25) is 9.36 Å². The van der Waals surface area contributed by atoms with Gasteiger partial charge in [-0.2, -0.15) is 4.98 Å². The van der Waals surface area contributed by atoms with Crippen LogP contribution in [0.25, 0.3) is 16.6 Å². The lowest BCUT2D eigenvalue weighted by Gasteiger charge is -2.41. The minimum Gasteiger partial charge on any atom is -0.340 e. The van der Waals surface area contributed by atoms with Crippen molar-refractivity contribution < 1.29 is 4.79 Å². The maximum absolute atomic E-state index is 13.0. The van der Waals surface area contributed by atoms with E-state index in [2.05, 4.69) is 4.98 Å². The van der Waals surface area contributed by atoms with Crippen LogP contribution in [-0.2, 0) is 4.79 Å². The molecular weight excluding hydrogens is 376 g/mol. The zero-order valence-electron chi connectivity index (χ0n) is 15.6. The second-order valence-electron chi connectivity index (χ2n) is 7.74. The quantitative estimate of drug-likeness (QED) is 0.680. The summed E-state index contributed by atoms with van der Waals surface area (Å²) in [6.45, 7) is 1.22. The van der Waals surface area contributed by atoms with Gasteiger partial charge in [0.05, 0.1) is 17.1 Å². The van der Waals surface area contributed by atoms with Gasteiger partial charge in [0.25, 0.3) is 0 Å². The van der Waals surface area contributed by atoms with Gasteiger partial charge in [-0.05, 0) is 44.4 Å². The molecule has 1 saturated heterocycles. The molecular formula is C21H19ClN4O2. The van der Waals surface area contributed by atoms with E-state index in [-0.39, 0.29) is 17.4 Å². The summed E-state index contributed by atoms with van der Waals surface area (Å²) >= 11 is 6.26. The highest BCUT2D eigenvalue weighted by Gasteiger charge is 2.76. The molecule has 3 aromatic rings. The number of fused-ring (bicyclic) bond motifs is 2. The summed E-state index contributed by atoms with van der Waals surface area (Å²) in [5, 5.41) is 1.35. The van der Waals surface area contributed by atoms with Gasteiger partial charge < -0.3 is 9.80 Å². The summed E-state index contributed by atoms with van der Waals surface area (Å²) in [5.41, 5.74) is 0.484. The van der Waals surface area contributed by atoms with Crippen molar-refractivity contribution in [1.82, 2.24) is 14.5 Å². The van der Waals surface area contributed by atoms with Gasteiger partial charge in [0.15, 0.2) is 5.78 Å². The Morgan fingerprint density at radius 1 is 1.18 bits per heavy atom. The van der Waals surface area contributed by atoms with E-state index in [1.807, 2.05) is 60.3 Å². The van der Waals surface area contributed by atoms with E-state index >= 15 is 0 Å². The van der Waals surface area contributed by atoms with Crippen molar-refractivity contribution in [3.05, 3.63) is 64.0 Å². The van der Waals surface area contributed by atoms with Gasteiger partial charge in [0, 0.05) is 23.5 Å². The minimum absolute atomic E-state index is 0.0376. The van der Waals surface area contributed by atoms with E-state index < -0.39 is 5.54 Å². The Morgan fingerprint density at radius 2 is 1.93 bits per heavy atom. The van der Waals surface area contributed by atoms with Crippen LogP contribution in [0.15, 0.2) is 53.3 Å².